The van der Waals surface area contributed by atoms with Gasteiger partial charge in [0.2, 0.25) is 5.91 Å². The van der Waals surface area contributed by atoms with Gasteiger partial charge in [-0.05, 0) is 37.3 Å². The van der Waals surface area contributed by atoms with Gasteiger partial charge in [-0.2, -0.15) is 0 Å². The molecule has 29 heavy (non-hydrogen) atoms. The zero-order valence-electron chi connectivity index (χ0n) is 15.6. The van der Waals surface area contributed by atoms with Crippen molar-refractivity contribution in [1.82, 2.24) is 15.0 Å². The molecule has 0 aliphatic carbocycles. The summed E-state index contributed by atoms with van der Waals surface area (Å²) in [5, 5.41) is 13.2. The number of halogens is 2. The first-order chi connectivity index (χ1) is 13.9. The van der Waals surface area contributed by atoms with Crippen LogP contribution in [-0.4, -0.2) is 33.9 Å². The first kappa shape index (κ1) is 20.3. The lowest BCUT2D eigenvalue weighted by Crippen LogP contribution is -2.21. The Labute approximate surface area is 170 Å². The Kier molecular flexibility index (Phi) is 6.08. The molecule has 0 unspecified atom stereocenters. The summed E-state index contributed by atoms with van der Waals surface area (Å²) in [5.74, 6) is -1.17. The molecule has 1 heterocycles. The molecule has 1 aromatic heterocycles. The van der Waals surface area contributed by atoms with Crippen LogP contribution < -0.4 is 15.4 Å². The minimum Gasteiger partial charge on any atom is -0.495 e. The van der Waals surface area contributed by atoms with E-state index in [1.165, 1.54) is 30.0 Å². The van der Waals surface area contributed by atoms with Gasteiger partial charge in [-0.3, -0.25) is 9.59 Å². The Morgan fingerprint density at radius 1 is 1.17 bits per heavy atom. The fourth-order valence-electron chi connectivity index (χ4n) is 2.57. The molecule has 2 aromatic carbocycles. The number of amides is 2. The second-order valence-corrected chi connectivity index (χ2v) is 6.44. The van der Waals surface area contributed by atoms with Crippen LogP contribution in [0.3, 0.4) is 0 Å². The molecule has 2 amide bonds. The molecule has 0 aliphatic heterocycles. The number of nitrogens with zero attached hydrogens (tertiary/aromatic N) is 3. The third-order valence-electron chi connectivity index (χ3n) is 4.05. The van der Waals surface area contributed by atoms with Crippen LogP contribution in [0.4, 0.5) is 15.8 Å². The third-order valence-corrected chi connectivity index (χ3v) is 4.28. The molecule has 3 aromatic rings. The SMILES string of the molecule is COc1ccc(Cl)cc1NC(=O)Cn1nnc(C(=O)Nc2ccccc2F)c1C. The van der Waals surface area contributed by atoms with Crippen LogP contribution in [0.1, 0.15) is 16.2 Å². The lowest BCUT2D eigenvalue weighted by molar-refractivity contribution is -0.117. The zero-order valence-corrected chi connectivity index (χ0v) is 16.3. The number of nitrogens with one attached hydrogen (secondary N) is 2. The number of methoxy groups -OCH3 is 1. The predicted octanol–water partition coefficient (Wildman–Crippen LogP) is 3.28. The van der Waals surface area contributed by atoms with E-state index in [1.807, 2.05) is 0 Å². The van der Waals surface area contributed by atoms with E-state index in [1.54, 1.807) is 31.2 Å². The highest BCUT2D eigenvalue weighted by atomic mass is 35.5. The second-order valence-electron chi connectivity index (χ2n) is 6.01. The highest BCUT2D eigenvalue weighted by Crippen LogP contribution is 2.27. The van der Waals surface area contributed by atoms with Gasteiger partial charge in [0.15, 0.2) is 5.69 Å². The number of benzene rings is 2. The fourth-order valence-corrected chi connectivity index (χ4v) is 2.74. The summed E-state index contributed by atoms with van der Waals surface area (Å²) in [7, 11) is 1.47. The van der Waals surface area contributed by atoms with E-state index in [0.717, 1.165) is 0 Å². The van der Waals surface area contributed by atoms with E-state index >= 15 is 0 Å². The molecule has 8 nitrogen and oxygen atoms in total. The third kappa shape index (κ3) is 4.69. The molecular weight excluding hydrogens is 401 g/mol. The fraction of sp³-hybridized carbons (Fsp3) is 0.158. The normalized spacial score (nSPS) is 10.5. The molecule has 150 valence electrons. The number of rotatable bonds is 6. The van der Waals surface area contributed by atoms with Gasteiger partial charge in [-0.1, -0.05) is 28.9 Å². The van der Waals surface area contributed by atoms with Gasteiger partial charge in [0.1, 0.15) is 18.1 Å². The topological polar surface area (TPSA) is 98.1 Å². The van der Waals surface area contributed by atoms with Gasteiger partial charge in [0, 0.05) is 5.02 Å². The van der Waals surface area contributed by atoms with Crippen LogP contribution in [0.15, 0.2) is 42.5 Å². The first-order valence-electron chi connectivity index (χ1n) is 8.48. The van der Waals surface area contributed by atoms with Gasteiger partial charge >= 0.3 is 0 Å². The Morgan fingerprint density at radius 3 is 2.66 bits per heavy atom. The maximum atomic E-state index is 13.7. The summed E-state index contributed by atoms with van der Waals surface area (Å²) < 4.78 is 20.2. The maximum Gasteiger partial charge on any atom is 0.278 e. The van der Waals surface area contributed by atoms with Crippen molar-refractivity contribution < 1.29 is 18.7 Å². The first-order valence-corrected chi connectivity index (χ1v) is 8.86. The quantitative estimate of drug-likeness (QED) is 0.641. The van der Waals surface area contributed by atoms with Crippen molar-refractivity contribution in [2.24, 2.45) is 0 Å². The molecule has 2 N–H and O–H groups in total. The number of para-hydroxylation sites is 1. The van der Waals surface area contributed by atoms with Crippen LogP contribution in [0.25, 0.3) is 0 Å². The predicted molar refractivity (Wildman–Crippen MR) is 106 cm³/mol. The zero-order chi connectivity index (χ0) is 21.0. The Balaban J connectivity index is 1.71. The van der Waals surface area contributed by atoms with Gasteiger partial charge in [0.25, 0.3) is 5.91 Å². The van der Waals surface area contributed by atoms with Crippen molar-refractivity contribution in [2.45, 2.75) is 13.5 Å². The summed E-state index contributed by atoms with van der Waals surface area (Å²) in [6, 6.07) is 10.6. The summed E-state index contributed by atoms with van der Waals surface area (Å²) in [6.45, 7) is 1.39. The minimum atomic E-state index is -0.629. The van der Waals surface area contributed by atoms with Crippen molar-refractivity contribution in [1.29, 1.82) is 0 Å². The standard InChI is InChI=1S/C19H17ClFN5O3/c1-11-18(19(28)23-14-6-4-3-5-13(14)21)24-25-26(11)10-17(27)22-15-9-12(20)7-8-16(15)29-2/h3-9H,10H2,1-2H3,(H,22,27)(H,23,28). The molecule has 3 rings (SSSR count). The largest absolute Gasteiger partial charge is 0.495 e. The summed E-state index contributed by atoms with van der Waals surface area (Å²) in [4.78, 5) is 24.8. The average molecular weight is 418 g/mol. The van der Waals surface area contributed by atoms with E-state index in [-0.39, 0.29) is 17.9 Å². The molecule has 0 atom stereocenters. The Bertz CT molecular complexity index is 1070. The Morgan fingerprint density at radius 2 is 1.93 bits per heavy atom. The number of anilines is 2. The van der Waals surface area contributed by atoms with Gasteiger partial charge in [0.05, 0.1) is 24.2 Å². The molecule has 0 fully saturated rings. The lowest BCUT2D eigenvalue weighted by atomic mass is 10.2. The van der Waals surface area contributed by atoms with Crippen molar-refractivity contribution in [3.63, 3.8) is 0 Å². The number of ether oxygens (including phenoxy) is 1. The van der Waals surface area contributed by atoms with Gasteiger partial charge in [-0.15, -0.1) is 5.10 Å². The van der Waals surface area contributed by atoms with E-state index < -0.39 is 17.6 Å². The highest BCUT2D eigenvalue weighted by molar-refractivity contribution is 6.31. The van der Waals surface area contributed by atoms with Crippen LogP contribution in [-0.2, 0) is 11.3 Å². The smallest absolute Gasteiger partial charge is 0.278 e. The molecule has 0 radical (unpaired) electrons. The van der Waals surface area contributed by atoms with E-state index in [0.29, 0.717) is 22.2 Å². The second kappa shape index (κ2) is 8.70. The summed E-state index contributed by atoms with van der Waals surface area (Å²) in [6.07, 6.45) is 0. The van der Waals surface area contributed by atoms with E-state index in [2.05, 4.69) is 20.9 Å². The van der Waals surface area contributed by atoms with Gasteiger partial charge in [-0.25, -0.2) is 9.07 Å². The Hall–Kier alpha value is -3.46. The average Bonchev–Trinajstić information content (AvgIpc) is 3.04. The number of hydrogen-bond acceptors (Lipinski definition) is 5. The van der Waals surface area contributed by atoms with Crippen molar-refractivity contribution in [3.05, 3.63) is 64.7 Å². The van der Waals surface area contributed by atoms with Crippen molar-refractivity contribution in [3.8, 4) is 5.75 Å². The number of carbonyl (C=O) groups excluding carboxylic acids is 2. The highest BCUT2D eigenvalue weighted by Gasteiger charge is 2.19. The summed E-state index contributed by atoms with van der Waals surface area (Å²) >= 11 is 5.95. The number of hydrogen-bond donors (Lipinski definition) is 2. The van der Waals surface area contributed by atoms with Crippen LogP contribution in [0.5, 0.6) is 5.75 Å². The van der Waals surface area contributed by atoms with Crippen LogP contribution in [0, 0.1) is 12.7 Å². The minimum absolute atomic E-state index is 0.0126. The molecule has 0 spiro atoms. The van der Waals surface area contributed by atoms with Crippen LogP contribution >= 0.6 is 11.6 Å². The molecule has 0 aliphatic rings. The van der Waals surface area contributed by atoms with E-state index in [4.69, 9.17) is 16.3 Å². The van der Waals surface area contributed by atoms with Crippen molar-refractivity contribution >= 4 is 34.8 Å². The number of carbonyl (C=O) groups is 2. The van der Waals surface area contributed by atoms with Crippen molar-refractivity contribution in [2.75, 3.05) is 17.7 Å². The monoisotopic (exact) mass is 417 g/mol. The lowest BCUT2D eigenvalue weighted by Gasteiger charge is -2.11. The molecule has 0 saturated heterocycles. The molecule has 0 bridgehead atoms. The molecule has 0 saturated carbocycles. The molecular formula is C19H17ClFN5O3. The summed E-state index contributed by atoms with van der Waals surface area (Å²) in [5.41, 5.74) is 0.769. The van der Waals surface area contributed by atoms with Crippen LogP contribution in [0.2, 0.25) is 5.02 Å². The maximum absolute atomic E-state index is 13.7. The number of aromatic nitrogens is 3. The van der Waals surface area contributed by atoms with E-state index in [9.17, 15) is 14.0 Å². The van der Waals surface area contributed by atoms with Gasteiger partial charge < -0.3 is 15.4 Å². The molecule has 10 heteroatoms.